The Bertz CT molecular complexity index is 2550. The van der Waals surface area contributed by atoms with Gasteiger partial charge >= 0.3 is 29.4 Å². The number of rotatable bonds is 10. The van der Waals surface area contributed by atoms with Crippen LogP contribution in [0.5, 0.6) is 11.5 Å². The Morgan fingerprint density at radius 2 is 1.09 bits per heavy atom. The highest BCUT2D eigenvalue weighted by molar-refractivity contribution is 14.1. The molecule has 0 spiro atoms. The molecule has 6 rings (SSSR count). The van der Waals surface area contributed by atoms with Crippen LogP contribution < -0.4 is 20.7 Å². The molecule has 2 aromatic heterocycles. The van der Waals surface area contributed by atoms with E-state index < -0.39 is 41.4 Å². The lowest BCUT2D eigenvalue weighted by molar-refractivity contribution is -0.138. The van der Waals surface area contributed by atoms with Crippen molar-refractivity contribution in [2.75, 3.05) is 0 Å². The third-order valence-corrected chi connectivity index (χ3v) is 9.57. The first-order chi connectivity index (χ1) is 25.9. The summed E-state index contributed by atoms with van der Waals surface area (Å²) < 4.78 is 61.9. The quantitative estimate of drug-likeness (QED) is 0.101. The molecule has 0 saturated carbocycles. The van der Waals surface area contributed by atoms with Crippen LogP contribution in [0.1, 0.15) is 50.1 Å². The number of halogens is 4. The fourth-order valence-corrected chi connectivity index (χ4v) is 6.56. The summed E-state index contributed by atoms with van der Waals surface area (Å²) >= 11 is 2.25. The predicted molar refractivity (Wildman–Crippen MR) is 206 cm³/mol. The molecule has 0 amide bonds. The molecule has 0 radical (unpaired) electrons. The predicted octanol–water partition coefficient (Wildman–Crippen LogP) is 8.86. The Balaban J connectivity index is 0.000000212. The molecule has 0 bridgehead atoms. The molecule has 0 unspecified atom stereocenters. The van der Waals surface area contributed by atoms with E-state index in [4.69, 9.17) is 28.5 Å². The van der Waals surface area contributed by atoms with Crippen molar-refractivity contribution >= 4 is 56.5 Å². The fraction of sp³-hybridized carbons (Fsp3) is 0.220. The zero-order valence-corrected chi connectivity index (χ0v) is 32.1. The SMILES string of the molecule is Cc1c(CC(=O)O)c(=O)oc2c(C)c(OCc3cccc(C(F)(F)F)c3)ccc12.Cc1c(CC(=O)O)c(=O)oc2c(C)c(OCc3cccc(I)c3)ccc12. The summed E-state index contributed by atoms with van der Waals surface area (Å²) in [5.41, 5.74) is 2.56. The van der Waals surface area contributed by atoms with Crippen LogP contribution in [-0.4, -0.2) is 22.2 Å². The number of benzene rings is 4. The van der Waals surface area contributed by atoms with Crippen molar-refractivity contribution in [1.29, 1.82) is 0 Å². The van der Waals surface area contributed by atoms with Gasteiger partial charge in [0.25, 0.3) is 0 Å². The number of carboxylic acid groups (broad SMARTS) is 2. The summed E-state index contributed by atoms with van der Waals surface area (Å²) in [6.45, 7) is 7.17. The van der Waals surface area contributed by atoms with Crippen molar-refractivity contribution in [1.82, 2.24) is 0 Å². The van der Waals surface area contributed by atoms with Gasteiger partial charge in [-0.05, 0) is 121 Å². The number of hydrogen-bond acceptors (Lipinski definition) is 8. The number of carboxylic acids is 2. The molecule has 0 saturated heterocycles. The van der Waals surface area contributed by atoms with Crippen molar-refractivity contribution in [2.45, 2.75) is 59.9 Å². The molecule has 55 heavy (non-hydrogen) atoms. The highest BCUT2D eigenvalue weighted by atomic mass is 127. The van der Waals surface area contributed by atoms with E-state index >= 15 is 0 Å². The van der Waals surface area contributed by atoms with Crippen LogP contribution in [-0.2, 0) is 41.8 Å². The maximum absolute atomic E-state index is 12.8. The van der Waals surface area contributed by atoms with Crippen molar-refractivity contribution in [2.24, 2.45) is 0 Å². The maximum atomic E-state index is 12.8. The molecule has 6 aromatic rings. The highest BCUT2D eigenvalue weighted by Crippen LogP contribution is 2.33. The lowest BCUT2D eigenvalue weighted by Crippen LogP contribution is -2.15. The van der Waals surface area contributed by atoms with Gasteiger partial charge in [0.2, 0.25) is 0 Å². The van der Waals surface area contributed by atoms with Crippen LogP contribution in [0.2, 0.25) is 0 Å². The zero-order chi connectivity index (χ0) is 40.2. The molecule has 0 aliphatic heterocycles. The van der Waals surface area contributed by atoms with Gasteiger partial charge in [0.05, 0.1) is 29.5 Å². The molecule has 0 aliphatic carbocycles. The van der Waals surface area contributed by atoms with Gasteiger partial charge in [-0.2, -0.15) is 13.2 Å². The number of alkyl halides is 3. The Morgan fingerprint density at radius 3 is 1.51 bits per heavy atom. The van der Waals surface area contributed by atoms with Crippen molar-refractivity contribution in [3.8, 4) is 11.5 Å². The molecule has 0 atom stereocenters. The molecular weight excluding hydrogens is 836 g/mol. The van der Waals surface area contributed by atoms with E-state index in [1.165, 1.54) is 12.1 Å². The van der Waals surface area contributed by atoms with Gasteiger partial charge in [-0.3, -0.25) is 9.59 Å². The standard InChI is InChI=1S/C21H17F3O5.C20H17IO5/c1-11-15-6-7-17(12(2)19(15)29-20(27)16(11)9-18(25)26)28-10-13-4-3-5-14(8-13)21(22,23)24;1-11-15-6-7-17(25-10-13-4-3-5-14(21)8-13)12(2)19(15)26-20(24)16(11)9-18(22)23/h3-8H,9-10H2,1-2H3,(H,25,26);3-8H,9-10H2,1-2H3,(H,22,23). The third kappa shape index (κ3) is 9.54. The average Bonchev–Trinajstić information content (AvgIpc) is 3.12. The average molecular weight is 871 g/mol. The molecule has 0 fully saturated rings. The van der Waals surface area contributed by atoms with E-state index in [1.54, 1.807) is 39.0 Å². The van der Waals surface area contributed by atoms with Crippen LogP contribution in [0.15, 0.2) is 91.2 Å². The van der Waals surface area contributed by atoms with Crippen LogP contribution >= 0.6 is 22.6 Å². The van der Waals surface area contributed by atoms with E-state index in [9.17, 15) is 32.3 Å². The lowest BCUT2D eigenvalue weighted by Gasteiger charge is -2.14. The number of carbonyl (C=O) groups is 2. The van der Waals surface area contributed by atoms with E-state index in [-0.39, 0.29) is 29.7 Å². The lowest BCUT2D eigenvalue weighted by atomic mass is 10.0. The Hall–Kier alpha value is -5.64. The minimum Gasteiger partial charge on any atom is -0.488 e. The summed E-state index contributed by atoms with van der Waals surface area (Å²) in [5.74, 6) is -1.22. The molecule has 14 heteroatoms. The van der Waals surface area contributed by atoms with Gasteiger partial charge in [-0.15, -0.1) is 0 Å². The van der Waals surface area contributed by atoms with Crippen molar-refractivity contribution < 1.29 is 51.3 Å². The van der Waals surface area contributed by atoms with Crippen LogP contribution in [0.4, 0.5) is 13.2 Å². The minimum atomic E-state index is -4.44. The smallest absolute Gasteiger partial charge is 0.416 e. The first-order valence-corrected chi connectivity index (χ1v) is 17.7. The van der Waals surface area contributed by atoms with Gasteiger partial charge in [0.15, 0.2) is 0 Å². The van der Waals surface area contributed by atoms with Crippen LogP contribution in [0, 0.1) is 31.3 Å². The second-order valence-corrected chi connectivity index (χ2v) is 13.9. The Kier molecular flexibility index (Phi) is 12.4. The maximum Gasteiger partial charge on any atom is 0.416 e. The number of aliphatic carboxylic acids is 2. The zero-order valence-electron chi connectivity index (χ0n) is 29.9. The summed E-state index contributed by atoms with van der Waals surface area (Å²) in [4.78, 5) is 46.3. The molecule has 2 N–H and O–H groups in total. The molecule has 286 valence electrons. The second kappa shape index (κ2) is 16.8. The molecule has 10 nitrogen and oxygen atoms in total. The largest absolute Gasteiger partial charge is 0.488 e. The molecular formula is C41H34F3IO10. The Labute approximate surface area is 325 Å². The van der Waals surface area contributed by atoms with Gasteiger partial charge < -0.3 is 28.5 Å². The first-order valence-electron chi connectivity index (χ1n) is 16.7. The fourth-order valence-electron chi connectivity index (χ4n) is 5.95. The highest BCUT2D eigenvalue weighted by Gasteiger charge is 2.30. The van der Waals surface area contributed by atoms with Gasteiger partial charge in [-0.25, -0.2) is 9.59 Å². The number of hydrogen-bond donors (Lipinski definition) is 2. The second-order valence-electron chi connectivity index (χ2n) is 12.7. The van der Waals surface area contributed by atoms with Crippen molar-refractivity contribution in [3.05, 3.63) is 147 Å². The van der Waals surface area contributed by atoms with E-state index in [0.29, 0.717) is 51.3 Å². The van der Waals surface area contributed by atoms with E-state index in [1.807, 2.05) is 37.3 Å². The number of fused-ring (bicyclic) bond motifs is 2. The molecule has 0 aliphatic rings. The number of aryl methyl sites for hydroxylation is 4. The summed E-state index contributed by atoms with van der Waals surface area (Å²) in [6.07, 6.45) is -5.24. The molecule has 4 aromatic carbocycles. The van der Waals surface area contributed by atoms with Crippen molar-refractivity contribution in [3.63, 3.8) is 0 Å². The minimum absolute atomic E-state index is 0.0713. The summed E-state index contributed by atoms with van der Waals surface area (Å²) in [7, 11) is 0. The third-order valence-electron chi connectivity index (χ3n) is 8.90. The topological polar surface area (TPSA) is 153 Å². The first kappa shape index (κ1) is 40.5. The van der Waals surface area contributed by atoms with Crippen LogP contribution in [0.3, 0.4) is 0 Å². The summed E-state index contributed by atoms with van der Waals surface area (Å²) in [6, 6.07) is 19.7. The van der Waals surface area contributed by atoms with Gasteiger partial charge in [0.1, 0.15) is 35.9 Å². The van der Waals surface area contributed by atoms with Gasteiger partial charge in [0, 0.05) is 25.5 Å². The van der Waals surface area contributed by atoms with E-state index in [0.717, 1.165) is 32.2 Å². The van der Waals surface area contributed by atoms with Gasteiger partial charge in [-0.1, -0.05) is 24.3 Å². The van der Waals surface area contributed by atoms with Crippen LogP contribution in [0.25, 0.3) is 21.9 Å². The summed E-state index contributed by atoms with van der Waals surface area (Å²) in [5, 5.41) is 19.2. The normalized spacial score (nSPS) is 11.3. The van der Waals surface area contributed by atoms with E-state index in [2.05, 4.69) is 22.6 Å². The monoisotopic (exact) mass is 870 g/mol. The number of ether oxygens (including phenoxy) is 2. The Morgan fingerprint density at radius 1 is 0.655 bits per heavy atom. The molecule has 2 heterocycles.